The third-order valence-corrected chi connectivity index (χ3v) is 3.52. The summed E-state index contributed by atoms with van der Waals surface area (Å²) >= 11 is 11.9. The number of hydrogen-bond acceptors (Lipinski definition) is 2. The third kappa shape index (κ3) is 4.09. The van der Waals surface area contributed by atoms with Crippen LogP contribution in [0.1, 0.15) is 6.92 Å². The van der Waals surface area contributed by atoms with E-state index in [9.17, 15) is 9.18 Å². The summed E-state index contributed by atoms with van der Waals surface area (Å²) in [4.78, 5) is 12.0. The van der Waals surface area contributed by atoms with Gasteiger partial charge in [0.05, 0.1) is 15.7 Å². The van der Waals surface area contributed by atoms with Crippen LogP contribution < -0.4 is 10.1 Å². The van der Waals surface area contributed by atoms with Crippen molar-refractivity contribution in [1.29, 1.82) is 0 Å². The molecule has 0 saturated carbocycles. The fourth-order valence-electron chi connectivity index (χ4n) is 1.61. The Morgan fingerprint density at radius 3 is 2.52 bits per heavy atom. The fraction of sp³-hybridized carbons (Fsp3) is 0.133. The lowest BCUT2D eigenvalue weighted by molar-refractivity contribution is -0.122. The number of anilines is 1. The van der Waals surface area contributed by atoms with E-state index >= 15 is 0 Å². The van der Waals surface area contributed by atoms with Crippen molar-refractivity contribution in [1.82, 2.24) is 0 Å². The van der Waals surface area contributed by atoms with Crippen LogP contribution in [-0.4, -0.2) is 12.0 Å². The van der Waals surface area contributed by atoms with Crippen LogP contribution in [0.3, 0.4) is 0 Å². The number of halogens is 3. The first kappa shape index (κ1) is 15.6. The number of ether oxygens (including phenoxy) is 1. The Morgan fingerprint density at radius 2 is 1.86 bits per heavy atom. The molecule has 0 aliphatic heterocycles. The molecule has 2 aromatic rings. The van der Waals surface area contributed by atoms with E-state index in [0.717, 1.165) is 0 Å². The quantitative estimate of drug-likeness (QED) is 0.895. The Kier molecular flexibility index (Phi) is 5.04. The van der Waals surface area contributed by atoms with E-state index in [0.29, 0.717) is 16.5 Å². The number of benzene rings is 2. The molecule has 0 saturated heterocycles. The van der Waals surface area contributed by atoms with Gasteiger partial charge in [-0.2, -0.15) is 0 Å². The molecule has 2 aromatic carbocycles. The maximum atomic E-state index is 12.8. The highest BCUT2D eigenvalue weighted by Crippen LogP contribution is 2.29. The van der Waals surface area contributed by atoms with Crippen molar-refractivity contribution in [2.75, 3.05) is 5.32 Å². The van der Waals surface area contributed by atoms with Crippen molar-refractivity contribution < 1.29 is 13.9 Å². The molecule has 1 amide bonds. The number of carbonyl (C=O) groups excluding carboxylic acids is 1. The lowest BCUT2D eigenvalue weighted by Crippen LogP contribution is -2.30. The van der Waals surface area contributed by atoms with E-state index in [1.807, 2.05) is 0 Å². The van der Waals surface area contributed by atoms with Crippen LogP contribution in [0.2, 0.25) is 10.0 Å². The van der Waals surface area contributed by atoms with Crippen molar-refractivity contribution in [2.24, 2.45) is 0 Å². The molecule has 0 fully saturated rings. The summed E-state index contributed by atoms with van der Waals surface area (Å²) in [5.41, 5.74) is 0.406. The van der Waals surface area contributed by atoms with Gasteiger partial charge in [0.15, 0.2) is 6.10 Å². The summed E-state index contributed by atoms with van der Waals surface area (Å²) in [6.45, 7) is 1.58. The maximum Gasteiger partial charge on any atom is 0.265 e. The van der Waals surface area contributed by atoms with Gasteiger partial charge < -0.3 is 10.1 Å². The molecule has 0 aliphatic carbocycles. The molecule has 0 aliphatic rings. The largest absolute Gasteiger partial charge is 0.481 e. The summed E-state index contributed by atoms with van der Waals surface area (Å²) in [5, 5.41) is 3.24. The Balaban J connectivity index is 2.02. The number of carbonyl (C=O) groups is 1. The van der Waals surface area contributed by atoms with Gasteiger partial charge in [-0.05, 0) is 43.3 Å². The van der Waals surface area contributed by atoms with Crippen LogP contribution in [0.4, 0.5) is 10.1 Å². The lowest BCUT2D eigenvalue weighted by Gasteiger charge is -2.15. The van der Waals surface area contributed by atoms with Gasteiger partial charge in [0.1, 0.15) is 11.6 Å². The first-order valence-corrected chi connectivity index (χ1v) is 6.90. The molecule has 0 radical (unpaired) electrons. The molecule has 1 N–H and O–H groups in total. The number of rotatable bonds is 4. The van der Waals surface area contributed by atoms with E-state index in [1.165, 1.54) is 24.3 Å². The molecule has 110 valence electrons. The Labute approximate surface area is 131 Å². The second-order valence-corrected chi connectivity index (χ2v) is 5.09. The van der Waals surface area contributed by atoms with Gasteiger partial charge in [0.2, 0.25) is 0 Å². The standard InChI is InChI=1S/C15H12Cl2FNO2/c1-9(21-11-7-5-10(18)6-8-11)15(20)19-13-4-2-3-12(16)14(13)17/h2-9H,1H3,(H,19,20). The minimum absolute atomic E-state index is 0.265. The Hall–Kier alpha value is -1.78. The summed E-state index contributed by atoms with van der Waals surface area (Å²) in [6.07, 6.45) is -0.773. The number of hydrogen-bond donors (Lipinski definition) is 1. The first-order valence-electron chi connectivity index (χ1n) is 6.14. The number of nitrogens with one attached hydrogen (secondary N) is 1. The van der Waals surface area contributed by atoms with Gasteiger partial charge in [-0.1, -0.05) is 29.3 Å². The van der Waals surface area contributed by atoms with Crippen LogP contribution in [0.5, 0.6) is 5.75 Å². The van der Waals surface area contributed by atoms with Gasteiger partial charge >= 0.3 is 0 Å². The summed E-state index contributed by atoms with van der Waals surface area (Å²) in [6, 6.07) is 10.3. The van der Waals surface area contributed by atoms with Crippen molar-refractivity contribution in [3.05, 3.63) is 58.3 Å². The molecule has 2 rings (SSSR count). The number of amides is 1. The molecular weight excluding hydrogens is 316 g/mol. The molecule has 1 unspecified atom stereocenters. The summed E-state index contributed by atoms with van der Waals surface area (Å²) in [7, 11) is 0. The van der Waals surface area contributed by atoms with Gasteiger partial charge in [-0.3, -0.25) is 4.79 Å². The molecule has 0 spiro atoms. The predicted molar refractivity (Wildman–Crippen MR) is 81.6 cm³/mol. The van der Waals surface area contributed by atoms with E-state index < -0.39 is 6.10 Å². The predicted octanol–water partition coefficient (Wildman–Crippen LogP) is 4.54. The van der Waals surface area contributed by atoms with Crippen molar-refractivity contribution >= 4 is 34.8 Å². The van der Waals surface area contributed by atoms with E-state index in [4.69, 9.17) is 27.9 Å². The minimum Gasteiger partial charge on any atom is -0.481 e. The third-order valence-electron chi connectivity index (χ3n) is 2.71. The van der Waals surface area contributed by atoms with Gasteiger partial charge in [0, 0.05) is 0 Å². The molecule has 1 atom stereocenters. The highest BCUT2D eigenvalue weighted by atomic mass is 35.5. The lowest BCUT2D eigenvalue weighted by atomic mass is 10.3. The Morgan fingerprint density at radius 1 is 1.19 bits per heavy atom. The second kappa shape index (κ2) is 6.78. The van der Waals surface area contributed by atoms with Gasteiger partial charge in [0.25, 0.3) is 5.91 Å². The van der Waals surface area contributed by atoms with Crippen molar-refractivity contribution in [3.63, 3.8) is 0 Å². The van der Waals surface area contributed by atoms with Crippen molar-refractivity contribution in [2.45, 2.75) is 13.0 Å². The second-order valence-electron chi connectivity index (χ2n) is 4.30. The van der Waals surface area contributed by atoms with Crippen LogP contribution in [-0.2, 0) is 4.79 Å². The molecule has 21 heavy (non-hydrogen) atoms. The van der Waals surface area contributed by atoms with Gasteiger partial charge in [-0.15, -0.1) is 0 Å². The fourth-order valence-corrected chi connectivity index (χ4v) is 1.95. The van der Waals surface area contributed by atoms with Crippen LogP contribution in [0.25, 0.3) is 0 Å². The SMILES string of the molecule is CC(Oc1ccc(F)cc1)C(=O)Nc1cccc(Cl)c1Cl. The van der Waals surface area contributed by atoms with Gasteiger partial charge in [-0.25, -0.2) is 4.39 Å². The maximum absolute atomic E-state index is 12.8. The zero-order valence-electron chi connectivity index (χ0n) is 11.1. The van der Waals surface area contributed by atoms with Crippen molar-refractivity contribution in [3.8, 4) is 5.75 Å². The van der Waals surface area contributed by atoms with E-state index in [-0.39, 0.29) is 16.7 Å². The summed E-state index contributed by atoms with van der Waals surface area (Å²) in [5.74, 6) is -0.357. The van der Waals surface area contributed by atoms with E-state index in [1.54, 1.807) is 25.1 Å². The highest BCUT2D eigenvalue weighted by Gasteiger charge is 2.16. The monoisotopic (exact) mass is 327 g/mol. The minimum atomic E-state index is -0.773. The Bertz CT molecular complexity index is 647. The van der Waals surface area contributed by atoms with Crippen LogP contribution in [0.15, 0.2) is 42.5 Å². The molecule has 0 bridgehead atoms. The molecule has 0 aromatic heterocycles. The molecule has 3 nitrogen and oxygen atoms in total. The smallest absolute Gasteiger partial charge is 0.265 e. The van der Waals surface area contributed by atoms with Crippen LogP contribution in [0, 0.1) is 5.82 Å². The normalized spacial score (nSPS) is 11.8. The highest BCUT2D eigenvalue weighted by molar-refractivity contribution is 6.44. The topological polar surface area (TPSA) is 38.3 Å². The zero-order valence-corrected chi connectivity index (χ0v) is 12.6. The first-order chi connectivity index (χ1) is 9.97. The molecular formula is C15H12Cl2FNO2. The van der Waals surface area contributed by atoms with E-state index in [2.05, 4.69) is 5.32 Å². The molecule has 6 heteroatoms. The average Bonchev–Trinajstić information content (AvgIpc) is 2.46. The zero-order chi connectivity index (χ0) is 15.4. The van der Waals surface area contributed by atoms with Crippen LogP contribution >= 0.6 is 23.2 Å². The summed E-state index contributed by atoms with van der Waals surface area (Å²) < 4.78 is 18.2. The molecule has 0 heterocycles. The average molecular weight is 328 g/mol.